The highest BCUT2D eigenvalue weighted by Gasteiger charge is 2.40. The van der Waals surface area contributed by atoms with E-state index in [1.54, 1.807) is 6.20 Å². The van der Waals surface area contributed by atoms with Crippen molar-refractivity contribution in [3.8, 4) is 5.75 Å². The van der Waals surface area contributed by atoms with E-state index in [1.165, 1.54) is 0 Å². The van der Waals surface area contributed by atoms with Crippen LogP contribution in [0, 0.1) is 11.8 Å². The van der Waals surface area contributed by atoms with Crippen molar-refractivity contribution in [2.75, 3.05) is 18.5 Å². The third-order valence-electron chi connectivity index (χ3n) is 4.75. The summed E-state index contributed by atoms with van der Waals surface area (Å²) in [6.45, 7) is 13.7. The lowest BCUT2D eigenvalue weighted by Crippen LogP contribution is -2.47. The number of pyridine rings is 1. The van der Waals surface area contributed by atoms with Gasteiger partial charge < -0.3 is 14.8 Å². The molecule has 29 heavy (non-hydrogen) atoms. The van der Waals surface area contributed by atoms with Crippen LogP contribution in [0.4, 0.5) is 5.69 Å². The molecular formula is C24H36N2O3. The average Bonchev–Trinajstić information content (AvgIpc) is 2.66. The van der Waals surface area contributed by atoms with E-state index in [9.17, 15) is 4.79 Å². The first-order valence-corrected chi connectivity index (χ1v) is 10.8. The summed E-state index contributed by atoms with van der Waals surface area (Å²) in [6, 6.07) is 7.62. The van der Waals surface area contributed by atoms with Crippen molar-refractivity contribution >= 4 is 22.5 Å². The monoisotopic (exact) mass is 400 g/mol. The number of hydrogen-bond acceptors (Lipinski definition) is 4. The van der Waals surface area contributed by atoms with Gasteiger partial charge in [-0.15, -0.1) is 0 Å². The minimum absolute atomic E-state index is 0.0888. The van der Waals surface area contributed by atoms with Crippen LogP contribution in [0.1, 0.15) is 60.8 Å². The van der Waals surface area contributed by atoms with Crippen LogP contribution in [0.3, 0.4) is 0 Å². The maximum Gasteiger partial charge on any atom is 0.256 e. The fourth-order valence-corrected chi connectivity index (χ4v) is 3.87. The van der Waals surface area contributed by atoms with Crippen molar-refractivity contribution in [2.24, 2.45) is 11.8 Å². The van der Waals surface area contributed by atoms with E-state index in [-0.39, 0.29) is 5.91 Å². The number of nitrogens with one attached hydrogen (secondary N) is 1. The molecule has 1 amide bonds. The minimum atomic E-state index is -0.844. The fourth-order valence-electron chi connectivity index (χ4n) is 3.87. The Balaban J connectivity index is 2.41. The molecule has 0 aliphatic heterocycles. The van der Waals surface area contributed by atoms with Crippen LogP contribution in [-0.2, 0) is 9.53 Å². The molecule has 1 aromatic carbocycles. The molecule has 1 N–H and O–H groups in total. The molecule has 5 nitrogen and oxygen atoms in total. The molecule has 0 aliphatic carbocycles. The molecule has 0 saturated carbocycles. The SMILES string of the molecule is CCCOc1ccc(NC(=O)C(CC(C)C)(CC(C)C)OCC)c2cccnc12. The van der Waals surface area contributed by atoms with Crippen LogP contribution in [0.25, 0.3) is 10.9 Å². The minimum Gasteiger partial charge on any atom is -0.491 e. The Hall–Kier alpha value is -2.14. The molecule has 0 aliphatic rings. The highest BCUT2D eigenvalue weighted by Crippen LogP contribution is 2.34. The lowest BCUT2D eigenvalue weighted by molar-refractivity contribution is -0.146. The number of benzene rings is 1. The Morgan fingerprint density at radius 3 is 2.38 bits per heavy atom. The maximum absolute atomic E-state index is 13.5. The molecule has 0 fully saturated rings. The molecule has 1 aromatic heterocycles. The van der Waals surface area contributed by atoms with Gasteiger partial charge in [-0.2, -0.15) is 0 Å². The van der Waals surface area contributed by atoms with Gasteiger partial charge in [0.25, 0.3) is 5.91 Å². The van der Waals surface area contributed by atoms with Gasteiger partial charge in [-0.3, -0.25) is 9.78 Å². The largest absolute Gasteiger partial charge is 0.491 e. The molecule has 0 unspecified atom stereocenters. The van der Waals surface area contributed by atoms with Gasteiger partial charge in [-0.05, 0) is 62.3 Å². The third-order valence-corrected chi connectivity index (χ3v) is 4.75. The van der Waals surface area contributed by atoms with Crippen LogP contribution < -0.4 is 10.1 Å². The number of fused-ring (bicyclic) bond motifs is 1. The molecule has 0 spiro atoms. The smallest absolute Gasteiger partial charge is 0.256 e. The summed E-state index contributed by atoms with van der Waals surface area (Å²) in [5.74, 6) is 1.33. The number of ether oxygens (including phenoxy) is 2. The number of nitrogens with zero attached hydrogens (tertiary/aromatic N) is 1. The number of hydrogen-bond donors (Lipinski definition) is 1. The standard InChI is InChI=1S/C24H36N2O3/c1-7-14-28-21-12-11-20(19-10-9-13-25-22(19)21)26-23(27)24(29-8-2,15-17(3)4)16-18(5)6/h9-13,17-18H,7-8,14-16H2,1-6H3,(H,26,27). The van der Waals surface area contributed by atoms with Crippen molar-refractivity contribution in [1.29, 1.82) is 0 Å². The van der Waals surface area contributed by atoms with E-state index in [2.05, 4.69) is 44.9 Å². The molecule has 0 radical (unpaired) electrons. The summed E-state index contributed by atoms with van der Waals surface area (Å²) >= 11 is 0. The predicted molar refractivity (Wildman–Crippen MR) is 119 cm³/mol. The highest BCUT2D eigenvalue weighted by molar-refractivity contribution is 6.05. The summed E-state index contributed by atoms with van der Waals surface area (Å²) < 4.78 is 12.0. The van der Waals surface area contributed by atoms with Crippen molar-refractivity contribution in [3.05, 3.63) is 30.5 Å². The normalized spacial score (nSPS) is 12.0. The topological polar surface area (TPSA) is 60.5 Å². The van der Waals surface area contributed by atoms with Gasteiger partial charge >= 0.3 is 0 Å². The van der Waals surface area contributed by atoms with Gasteiger partial charge in [0, 0.05) is 18.2 Å². The summed E-state index contributed by atoms with van der Waals surface area (Å²) in [4.78, 5) is 18.0. The zero-order valence-corrected chi connectivity index (χ0v) is 18.7. The van der Waals surface area contributed by atoms with Crippen molar-refractivity contribution < 1.29 is 14.3 Å². The Kier molecular flexibility index (Phi) is 8.45. The number of amides is 1. The molecule has 2 aromatic rings. The van der Waals surface area contributed by atoms with Crippen LogP contribution in [0.15, 0.2) is 30.5 Å². The van der Waals surface area contributed by atoms with Crippen molar-refractivity contribution in [3.63, 3.8) is 0 Å². The highest BCUT2D eigenvalue weighted by atomic mass is 16.5. The first-order valence-electron chi connectivity index (χ1n) is 10.8. The van der Waals surface area contributed by atoms with Gasteiger partial charge in [0.15, 0.2) is 0 Å². The Bertz CT molecular complexity index is 792. The van der Waals surface area contributed by atoms with Crippen LogP contribution >= 0.6 is 0 Å². The maximum atomic E-state index is 13.5. The zero-order chi connectivity index (χ0) is 21.4. The number of rotatable bonds is 11. The molecule has 0 atom stereocenters. The molecule has 160 valence electrons. The molecular weight excluding hydrogens is 364 g/mol. The van der Waals surface area contributed by atoms with E-state index in [4.69, 9.17) is 9.47 Å². The molecule has 2 rings (SSSR count). The predicted octanol–water partition coefficient (Wildman–Crippen LogP) is 5.83. The molecule has 5 heteroatoms. The molecule has 0 bridgehead atoms. The summed E-state index contributed by atoms with van der Waals surface area (Å²) in [5, 5.41) is 4.01. The van der Waals surface area contributed by atoms with E-state index >= 15 is 0 Å². The first-order chi connectivity index (χ1) is 13.8. The number of aromatic nitrogens is 1. The summed E-state index contributed by atoms with van der Waals surface area (Å²) in [6.07, 6.45) is 4.03. The van der Waals surface area contributed by atoms with Crippen LogP contribution in [0.5, 0.6) is 5.75 Å². The lowest BCUT2D eigenvalue weighted by atomic mass is 9.83. The first kappa shape index (κ1) is 23.1. The summed E-state index contributed by atoms with van der Waals surface area (Å²) in [5.41, 5.74) is 0.648. The quantitative estimate of drug-likeness (QED) is 0.515. The average molecular weight is 401 g/mol. The fraction of sp³-hybridized carbons (Fsp3) is 0.583. The lowest BCUT2D eigenvalue weighted by Gasteiger charge is -2.35. The van der Waals surface area contributed by atoms with E-state index in [1.807, 2.05) is 31.2 Å². The number of anilines is 1. The van der Waals surface area contributed by atoms with E-state index in [0.29, 0.717) is 37.9 Å². The van der Waals surface area contributed by atoms with Gasteiger partial charge in [-0.1, -0.05) is 34.6 Å². The van der Waals surface area contributed by atoms with Crippen LogP contribution in [-0.4, -0.2) is 29.7 Å². The van der Waals surface area contributed by atoms with Crippen LogP contribution in [0.2, 0.25) is 0 Å². The second kappa shape index (κ2) is 10.6. The zero-order valence-electron chi connectivity index (χ0n) is 18.7. The molecule has 0 saturated heterocycles. The second-order valence-corrected chi connectivity index (χ2v) is 8.44. The number of carbonyl (C=O) groups excluding carboxylic acids is 1. The van der Waals surface area contributed by atoms with Crippen molar-refractivity contribution in [1.82, 2.24) is 4.98 Å². The van der Waals surface area contributed by atoms with Gasteiger partial charge in [0.2, 0.25) is 0 Å². The number of carbonyl (C=O) groups is 1. The van der Waals surface area contributed by atoms with Gasteiger partial charge in [0.05, 0.1) is 12.3 Å². The Morgan fingerprint density at radius 1 is 1.10 bits per heavy atom. The summed E-state index contributed by atoms with van der Waals surface area (Å²) in [7, 11) is 0. The third kappa shape index (κ3) is 5.92. The Morgan fingerprint density at radius 2 is 1.79 bits per heavy atom. The van der Waals surface area contributed by atoms with E-state index in [0.717, 1.165) is 28.8 Å². The second-order valence-electron chi connectivity index (χ2n) is 8.44. The van der Waals surface area contributed by atoms with E-state index < -0.39 is 5.60 Å². The van der Waals surface area contributed by atoms with Gasteiger partial charge in [0.1, 0.15) is 16.9 Å². The van der Waals surface area contributed by atoms with Gasteiger partial charge in [-0.25, -0.2) is 0 Å². The molecule has 1 heterocycles. The van der Waals surface area contributed by atoms with Crippen molar-refractivity contribution in [2.45, 2.75) is 66.4 Å². The Labute approximate surface area is 175 Å².